The molecule has 0 atom stereocenters. The highest BCUT2D eigenvalue weighted by Gasteiger charge is 2.23. The van der Waals surface area contributed by atoms with Gasteiger partial charge in [-0.25, -0.2) is 4.98 Å². The van der Waals surface area contributed by atoms with Crippen LogP contribution in [0.1, 0.15) is 39.5 Å². The predicted molar refractivity (Wildman–Crippen MR) is 101 cm³/mol. The maximum atomic E-state index is 12.7. The predicted octanol–water partition coefficient (Wildman–Crippen LogP) is 1.81. The van der Waals surface area contributed by atoms with Crippen LogP contribution in [0.25, 0.3) is 10.2 Å². The van der Waals surface area contributed by atoms with E-state index in [1.54, 1.807) is 9.25 Å². The Kier molecular flexibility index (Phi) is 4.36. The highest BCUT2D eigenvalue weighted by atomic mass is 32.1. The maximum Gasteiger partial charge on any atom is 0.262 e. The first-order chi connectivity index (χ1) is 12.5. The Morgan fingerprint density at radius 3 is 3.04 bits per heavy atom. The number of nitrogens with one attached hydrogen (secondary N) is 1. The first-order valence-electron chi connectivity index (χ1n) is 8.83. The van der Waals surface area contributed by atoms with Crippen molar-refractivity contribution < 1.29 is 4.79 Å². The number of hydrogen-bond donors (Lipinski definition) is 1. The summed E-state index contributed by atoms with van der Waals surface area (Å²) >= 11 is 1.32. The number of thiophene rings is 1. The highest BCUT2D eigenvalue weighted by Crippen LogP contribution is 2.28. The van der Waals surface area contributed by atoms with Crippen molar-refractivity contribution in [2.45, 2.75) is 39.2 Å². The van der Waals surface area contributed by atoms with E-state index in [9.17, 15) is 9.59 Å². The van der Waals surface area contributed by atoms with E-state index in [2.05, 4.69) is 15.4 Å². The zero-order chi connectivity index (χ0) is 18.3. The number of aromatic nitrogens is 4. The van der Waals surface area contributed by atoms with Gasteiger partial charge in [-0.05, 0) is 37.3 Å². The molecule has 0 spiro atoms. The second-order valence-corrected chi connectivity index (χ2v) is 7.71. The Labute approximate surface area is 154 Å². The van der Waals surface area contributed by atoms with E-state index in [0.717, 1.165) is 49.2 Å². The summed E-state index contributed by atoms with van der Waals surface area (Å²) in [5, 5.41) is 7.70. The fraction of sp³-hybridized carbons (Fsp3) is 0.444. The van der Waals surface area contributed by atoms with Crippen LogP contribution in [0.5, 0.6) is 0 Å². The van der Waals surface area contributed by atoms with Gasteiger partial charge < -0.3 is 5.32 Å². The van der Waals surface area contributed by atoms with Gasteiger partial charge in [-0.15, -0.1) is 11.3 Å². The van der Waals surface area contributed by atoms with Gasteiger partial charge in [-0.1, -0.05) is 0 Å². The Balaban J connectivity index is 1.48. The summed E-state index contributed by atoms with van der Waals surface area (Å²) in [6.07, 6.45) is 7.33. The quantitative estimate of drug-likeness (QED) is 0.694. The monoisotopic (exact) mass is 371 g/mol. The van der Waals surface area contributed by atoms with Gasteiger partial charge in [0.05, 0.1) is 16.5 Å². The molecule has 0 saturated heterocycles. The smallest absolute Gasteiger partial charge is 0.262 e. The van der Waals surface area contributed by atoms with Crippen LogP contribution in [0.4, 0.5) is 0 Å². The molecule has 0 bridgehead atoms. The molecular formula is C18H21N5O2S. The normalized spacial score (nSPS) is 13.3. The number of aryl methyl sites for hydroxylation is 4. The summed E-state index contributed by atoms with van der Waals surface area (Å²) in [4.78, 5) is 31.1. The number of fused-ring (bicyclic) bond motifs is 2. The molecule has 0 aliphatic carbocycles. The van der Waals surface area contributed by atoms with Crippen molar-refractivity contribution in [3.05, 3.63) is 44.6 Å². The zero-order valence-corrected chi connectivity index (χ0v) is 15.7. The summed E-state index contributed by atoms with van der Waals surface area (Å²) in [6, 6.07) is 0. The average Bonchev–Trinajstić information content (AvgIpc) is 3.31. The van der Waals surface area contributed by atoms with Crippen molar-refractivity contribution in [2.75, 3.05) is 6.54 Å². The third-order valence-corrected chi connectivity index (χ3v) is 5.99. The molecule has 1 amide bonds. The van der Waals surface area contributed by atoms with E-state index in [1.165, 1.54) is 11.3 Å². The van der Waals surface area contributed by atoms with Crippen molar-refractivity contribution >= 4 is 27.5 Å². The van der Waals surface area contributed by atoms with Gasteiger partial charge in [-0.3, -0.25) is 18.8 Å². The lowest BCUT2D eigenvalue weighted by Gasteiger charge is -2.04. The SMILES string of the molecule is Cc1c(C(=O)NCCCc2cnn(C)c2)sc2nc3n(c(=O)c12)CCC3. The molecule has 0 fully saturated rings. The number of nitrogens with zero attached hydrogens (tertiary/aromatic N) is 4. The summed E-state index contributed by atoms with van der Waals surface area (Å²) in [6.45, 7) is 3.15. The molecule has 7 nitrogen and oxygen atoms in total. The summed E-state index contributed by atoms with van der Waals surface area (Å²) in [5.41, 5.74) is 1.90. The fourth-order valence-electron chi connectivity index (χ4n) is 3.47. The number of amides is 1. The third-order valence-electron chi connectivity index (χ3n) is 4.80. The lowest BCUT2D eigenvalue weighted by molar-refractivity contribution is 0.0957. The fourth-order valence-corrected chi connectivity index (χ4v) is 4.57. The van der Waals surface area contributed by atoms with Crippen molar-refractivity contribution in [1.82, 2.24) is 24.6 Å². The van der Waals surface area contributed by atoms with Crippen LogP contribution in [0.3, 0.4) is 0 Å². The van der Waals surface area contributed by atoms with Crippen LogP contribution in [0.2, 0.25) is 0 Å². The van der Waals surface area contributed by atoms with Gasteiger partial charge in [0.25, 0.3) is 11.5 Å². The van der Waals surface area contributed by atoms with Gasteiger partial charge in [0.15, 0.2) is 0 Å². The van der Waals surface area contributed by atoms with Crippen LogP contribution >= 0.6 is 11.3 Å². The second-order valence-electron chi connectivity index (χ2n) is 6.71. The molecule has 4 heterocycles. The van der Waals surface area contributed by atoms with Crippen LogP contribution < -0.4 is 10.9 Å². The van der Waals surface area contributed by atoms with Crippen molar-refractivity contribution in [1.29, 1.82) is 0 Å². The number of rotatable bonds is 5. The minimum atomic E-state index is -0.124. The van der Waals surface area contributed by atoms with Gasteiger partial charge in [0.1, 0.15) is 10.7 Å². The van der Waals surface area contributed by atoms with E-state index < -0.39 is 0 Å². The van der Waals surface area contributed by atoms with E-state index in [4.69, 9.17) is 0 Å². The standard InChI is InChI=1S/C18H21N5O2S/c1-11-14-17(21-13-6-4-8-23(13)18(14)25)26-15(11)16(24)19-7-3-5-12-9-20-22(2)10-12/h9-10H,3-8H2,1-2H3,(H,19,24). The Hall–Kier alpha value is -2.48. The summed E-state index contributed by atoms with van der Waals surface area (Å²) in [5.74, 6) is 0.716. The molecule has 26 heavy (non-hydrogen) atoms. The minimum absolute atomic E-state index is 0.00752. The van der Waals surface area contributed by atoms with E-state index in [0.29, 0.717) is 21.6 Å². The van der Waals surface area contributed by atoms with Gasteiger partial charge in [-0.2, -0.15) is 5.10 Å². The summed E-state index contributed by atoms with van der Waals surface area (Å²) < 4.78 is 3.52. The number of hydrogen-bond acceptors (Lipinski definition) is 5. The van der Waals surface area contributed by atoms with E-state index in [-0.39, 0.29) is 11.5 Å². The number of carbonyl (C=O) groups is 1. The van der Waals surface area contributed by atoms with Crippen molar-refractivity contribution in [2.24, 2.45) is 7.05 Å². The van der Waals surface area contributed by atoms with Gasteiger partial charge >= 0.3 is 0 Å². The average molecular weight is 371 g/mol. The van der Waals surface area contributed by atoms with E-state index in [1.807, 2.05) is 26.4 Å². The molecule has 3 aromatic rings. The molecule has 3 aromatic heterocycles. The Bertz CT molecular complexity index is 1050. The van der Waals surface area contributed by atoms with Crippen LogP contribution in [0.15, 0.2) is 17.2 Å². The topological polar surface area (TPSA) is 81.8 Å². The Morgan fingerprint density at radius 1 is 1.42 bits per heavy atom. The third kappa shape index (κ3) is 2.94. The number of carbonyl (C=O) groups excluding carboxylic acids is 1. The zero-order valence-electron chi connectivity index (χ0n) is 14.9. The largest absolute Gasteiger partial charge is 0.351 e. The van der Waals surface area contributed by atoms with E-state index >= 15 is 0 Å². The molecule has 0 saturated carbocycles. The van der Waals surface area contributed by atoms with Crippen molar-refractivity contribution in [3.8, 4) is 0 Å². The molecule has 8 heteroatoms. The molecule has 136 valence electrons. The summed E-state index contributed by atoms with van der Waals surface area (Å²) in [7, 11) is 1.89. The molecule has 1 N–H and O–H groups in total. The molecule has 1 aliphatic heterocycles. The molecule has 4 rings (SSSR count). The highest BCUT2D eigenvalue weighted by molar-refractivity contribution is 7.20. The maximum absolute atomic E-state index is 12.7. The molecule has 0 radical (unpaired) electrons. The van der Waals surface area contributed by atoms with Gasteiger partial charge in [0, 0.05) is 32.8 Å². The Morgan fingerprint density at radius 2 is 2.27 bits per heavy atom. The second kappa shape index (κ2) is 6.68. The van der Waals surface area contributed by atoms with Crippen LogP contribution in [-0.4, -0.2) is 31.8 Å². The molecule has 1 aliphatic rings. The first kappa shape index (κ1) is 17.0. The minimum Gasteiger partial charge on any atom is -0.351 e. The van der Waals surface area contributed by atoms with Crippen LogP contribution in [-0.2, 0) is 26.4 Å². The lowest BCUT2D eigenvalue weighted by Crippen LogP contribution is -2.25. The lowest BCUT2D eigenvalue weighted by atomic mass is 10.2. The first-order valence-corrected chi connectivity index (χ1v) is 9.65. The molecule has 0 aromatic carbocycles. The van der Waals surface area contributed by atoms with Crippen LogP contribution in [0, 0.1) is 6.92 Å². The van der Waals surface area contributed by atoms with Gasteiger partial charge in [0.2, 0.25) is 0 Å². The molecule has 0 unspecified atom stereocenters. The molecular weight excluding hydrogens is 350 g/mol. The van der Waals surface area contributed by atoms with Crippen molar-refractivity contribution in [3.63, 3.8) is 0 Å².